The average Bonchev–Trinajstić information content (AvgIpc) is 2.61. The van der Waals surface area contributed by atoms with Crippen molar-refractivity contribution in [1.29, 1.82) is 0 Å². The Labute approximate surface area is 149 Å². The first-order valence-electron chi connectivity index (χ1n) is 8.68. The van der Waals surface area contributed by atoms with Gasteiger partial charge in [0.25, 0.3) is 5.91 Å². The van der Waals surface area contributed by atoms with E-state index in [9.17, 15) is 4.79 Å². The fourth-order valence-corrected chi connectivity index (χ4v) is 2.25. The predicted molar refractivity (Wildman–Crippen MR) is 98.2 cm³/mol. The number of rotatable bonds is 9. The first-order valence-corrected chi connectivity index (χ1v) is 8.68. The zero-order chi connectivity index (χ0) is 18.1. The van der Waals surface area contributed by atoms with E-state index in [1.165, 1.54) is 0 Å². The first-order chi connectivity index (χ1) is 12.1. The zero-order valence-corrected chi connectivity index (χ0v) is 15.1. The van der Waals surface area contributed by atoms with E-state index in [0.29, 0.717) is 49.2 Å². The van der Waals surface area contributed by atoms with Gasteiger partial charge in [-0.05, 0) is 43.2 Å². The summed E-state index contributed by atoms with van der Waals surface area (Å²) < 4.78 is 11.4. The van der Waals surface area contributed by atoms with Crippen LogP contribution in [0.25, 0.3) is 0 Å². The van der Waals surface area contributed by atoms with Gasteiger partial charge in [-0.3, -0.25) is 9.78 Å². The number of carbonyl (C=O) groups excluding carboxylic acids is 1. The number of nitrogens with zero attached hydrogens (tertiary/aromatic N) is 1. The van der Waals surface area contributed by atoms with Gasteiger partial charge in [0.1, 0.15) is 0 Å². The molecule has 5 nitrogen and oxygen atoms in total. The summed E-state index contributed by atoms with van der Waals surface area (Å²) in [6.45, 7) is 7.74. The Morgan fingerprint density at radius 3 is 2.68 bits per heavy atom. The number of ether oxygens (including phenoxy) is 2. The third-order valence-corrected chi connectivity index (χ3v) is 3.47. The lowest BCUT2D eigenvalue weighted by molar-refractivity contribution is 0.0953. The molecule has 1 aromatic carbocycles. The second kappa shape index (κ2) is 9.67. The lowest BCUT2D eigenvalue weighted by Gasteiger charge is -2.14. The normalized spacial score (nSPS) is 10.6. The Kier molecular flexibility index (Phi) is 7.26. The molecule has 2 aromatic rings. The van der Waals surface area contributed by atoms with E-state index in [2.05, 4.69) is 24.1 Å². The highest BCUT2D eigenvalue weighted by atomic mass is 16.5. The van der Waals surface area contributed by atoms with Crippen molar-refractivity contribution in [3.8, 4) is 11.5 Å². The highest BCUT2D eigenvalue weighted by Gasteiger charge is 2.12. The maximum absolute atomic E-state index is 12.3. The molecule has 0 saturated carbocycles. The number of pyridine rings is 1. The molecular weight excluding hydrogens is 316 g/mol. The maximum Gasteiger partial charge on any atom is 0.251 e. The van der Waals surface area contributed by atoms with Crippen LogP contribution in [0.4, 0.5) is 0 Å². The molecule has 0 unspecified atom stereocenters. The Morgan fingerprint density at radius 2 is 2.00 bits per heavy atom. The number of carbonyl (C=O) groups is 1. The van der Waals surface area contributed by atoms with Gasteiger partial charge in [-0.25, -0.2) is 0 Å². The molecule has 1 N–H and O–H groups in total. The molecule has 25 heavy (non-hydrogen) atoms. The molecule has 1 heterocycles. The summed E-state index contributed by atoms with van der Waals surface area (Å²) in [6.07, 6.45) is 2.45. The molecule has 0 aliphatic rings. The van der Waals surface area contributed by atoms with Crippen molar-refractivity contribution in [2.75, 3.05) is 19.8 Å². The van der Waals surface area contributed by atoms with Gasteiger partial charge in [0.2, 0.25) is 0 Å². The predicted octanol–water partition coefficient (Wildman–Crippen LogP) is 3.49. The summed E-state index contributed by atoms with van der Waals surface area (Å²) >= 11 is 0. The topological polar surface area (TPSA) is 60.5 Å². The number of hydrogen-bond donors (Lipinski definition) is 1. The quantitative estimate of drug-likeness (QED) is 0.758. The van der Waals surface area contributed by atoms with Gasteiger partial charge >= 0.3 is 0 Å². The van der Waals surface area contributed by atoms with Crippen molar-refractivity contribution in [1.82, 2.24) is 10.3 Å². The van der Waals surface area contributed by atoms with Crippen molar-refractivity contribution in [3.63, 3.8) is 0 Å². The highest BCUT2D eigenvalue weighted by molar-refractivity contribution is 5.94. The average molecular weight is 342 g/mol. The second-order valence-electron chi connectivity index (χ2n) is 6.13. The second-order valence-corrected chi connectivity index (χ2v) is 6.13. The van der Waals surface area contributed by atoms with Gasteiger partial charge in [0.15, 0.2) is 11.5 Å². The third kappa shape index (κ3) is 6.10. The van der Waals surface area contributed by atoms with Crippen LogP contribution in [0.15, 0.2) is 42.6 Å². The molecule has 0 aliphatic heterocycles. The van der Waals surface area contributed by atoms with Gasteiger partial charge in [-0.1, -0.05) is 19.9 Å². The Hall–Kier alpha value is -2.56. The minimum Gasteiger partial charge on any atom is -0.490 e. The van der Waals surface area contributed by atoms with Crippen molar-refractivity contribution in [3.05, 3.63) is 53.9 Å². The SMILES string of the molecule is CCOc1cc(C(=O)NCCc2ccccn2)ccc1OCC(C)C. The van der Waals surface area contributed by atoms with E-state index in [1.54, 1.807) is 24.4 Å². The summed E-state index contributed by atoms with van der Waals surface area (Å²) in [6, 6.07) is 11.0. The van der Waals surface area contributed by atoms with Crippen molar-refractivity contribution in [2.45, 2.75) is 27.2 Å². The van der Waals surface area contributed by atoms with Crippen LogP contribution in [-0.4, -0.2) is 30.6 Å². The van der Waals surface area contributed by atoms with Crippen LogP contribution in [0.2, 0.25) is 0 Å². The summed E-state index contributed by atoms with van der Waals surface area (Å²) in [4.78, 5) is 16.6. The number of amides is 1. The molecule has 1 aromatic heterocycles. The van der Waals surface area contributed by atoms with Crippen LogP contribution in [0.5, 0.6) is 11.5 Å². The largest absolute Gasteiger partial charge is 0.490 e. The van der Waals surface area contributed by atoms with Gasteiger partial charge in [0.05, 0.1) is 13.2 Å². The smallest absolute Gasteiger partial charge is 0.251 e. The van der Waals surface area contributed by atoms with Crippen LogP contribution in [-0.2, 0) is 6.42 Å². The van der Waals surface area contributed by atoms with Gasteiger partial charge in [0, 0.05) is 30.4 Å². The van der Waals surface area contributed by atoms with E-state index in [1.807, 2.05) is 25.1 Å². The molecule has 0 fully saturated rings. The van der Waals surface area contributed by atoms with Crippen molar-refractivity contribution < 1.29 is 14.3 Å². The van der Waals surface area contributed by atoms with E-state index in [0.717, 1.165) is 5.69 Å². The summed E-state index contributed by atoms with van der Waals surface area (Å²) in [5.41, 5.74) is 1.51. The Bertz CT molecular complexity index is 672. The highest BCUT2D eigenvalue weighted by Crippen LogP contribution is 2.29. The van der Waals surface area contributed by atoms with E-state index >= 15 is 0 Å². The van der Waals surface area contributed by atoms with Gasteiger partial charge in [-0.15, -0.1) is 0 Å². The van der Waals surface area contributed by atoms with E-state index in [4.69, 9.17) is 9.47 Å². The van der Waals surface area contributed by atoms with Crippen LogP contribution >= 0.6 is 0 Å². The number of aromatic nitrogens is 1. The standard InChI is InChI=1S/C20H26N2O3/c1-4-24-19-13-16(8-9-18(19)25-14-15(2)3)20(23)22-12-10-17-7-5-6-11-21-17/h5-9,11,13,15H,4,10,12,14H2,1-3H3,(H,22,23). The van der Waals surface area contributed by atoms with Crippen LogP contribution in [0.1, 0.15) is 36.8 Å². The molecule has 0 spiro atoms. The van der Waals surface area contributed by atoms with Crippen LogP contribution < -0.4 is 14.8 Å². The molecule has 5 heteroatoms. The molecule has 1 amide bonds. The van der Waals surface area contributed by atoms with Crippen molar-refractivity contribution >= 4 is 5.91 Å². The maximum atomic E-state index is 12.3. The minimum atomic E-state index is -0.132. The van der Waals surface area contributed by atoms with Crippen LogP contribution in [0.3, 0.4) is 0 Å². The molecule has 0 radical (unpaired) electrons. The minimum absolute atomic E-state index is 0.132. The number of hydrogen-bond acceptors (Lipinski definition) is 4. The Balaban J connectivity index is 1.97. The molecule has 0 atom stereocenters. The molecule has 0 aliphatic carbocycles. The van der Waals surface area contributed by atoms with E-state index < -0.39 is 0 Å². The lowest BCUT2D eigenvalue weighted by Crippen LogP contribution is -2.26. The van der Waals surface area contributed by atoms with Crippen molar-refractivity contribution in [2.24, 2.45) is 5.92 Å². The number of benzene rings is 1. The molecule has 0 bridgehead atoms. The molecule has 2 rings (SSSR count). The molecular formula is C20H26N2O3. The summed E-state index contributed by atoms with van der Waals surface area (Å²) in [7, 11) is 0. The van der Waals surface area contributed by atoms with E-state index in [-0.39, 0.29) is 5.91 Å². The zero-order valence-electron chi connectivity index (χ0n) is 15.1. The molecule has 0 saturated heterocycles. The third-order valence-electron chi connectivity index (χ3n) is 3.47. The fraction of sp³-hybridized carbons (Fsp3) is 0.400. The fourth-order valence-electron chi connectivity index (χ4n) is 2.25. The lowest BCUT2D eigenvalue weighted by atomic mass is 10.1. The Morgan fingerprint density at radius 1 is 1.16 bits per heavy atom. The van der Waals surface area contributed by atoms with Gasteiger partial charge in [-0.2, -0.15) is 0 Å². The van der Waals surface area contributed by atoms with Crippen LogP contribution in [0, 0.1) is 5.92 Å². The van der Waals surface area contributed by atoms with Gasteiger partial charge < -0.3 is 14.8 Å². The summed E-state index contributed by atoms with van der Waals surface area (Å²) in [5, 5.41) is 2.91. The summed E-state index contributed by atoms with van der Waals surface area (Å²) in [5.74, 6) is 1.55. The number of nitrogens with one attached hydrogen (secondary N) is 1. The molecule has 134 valence electrons. The first kappa shape index (κ1) is 18.8. The monoisotopic (exact) mass is 342 g/mol.